The van der Waals surface area contributed by atoms with E-state index in [4.69, 9.17) is 11.5 Å². The Kier molecular flexibility index (Phi) is 5.83. The molecule has 3 saturated heterocycles. The van der Waals surface area contributed by atoms with Crippen molar-refractivity contribution in [2.75, 3.05) is 13.1 Å². The number of nitrogens with zero attached hydrogens (tertiary/aromatic N) is 1. The van der Waals surface area contributed by atoms with Crippen LogP contribution in [0, 0.1) is 11.8 Å². The molecule has 1 amide bonds. The quantitative estimate of drug-likeness (QED) is 0.783. The van der Waals surface area contributed by atoms with E-state index in [9.17, 15) is 4.79 Å². The predicted molar refractivity (Wildman–Crippen MR) is 98.9 cm³/mol. The number of carbonyl (C=O) groups excluding carboxylic acids is 1. The van der Waals surface area contributed by atoms with Gasteiger partial charge in [-0.25, -0.2) is 0 Å². The molecule has 26 heavy (non-hydrogen) atoms. The zero-order valence-corrected chi connectivity index (χ0v) is 15.7. The van der Waals surface area contributed by atoms with Crippen LogP contribution in [0.25, 0.3) is 0 Å². The van der Waals surface area contributed by atoms with E-state index in [2.05, 4.69) is 53.4 Å². The zero-order chi connectivity index (χ0) is 17.4. The maximum absolute atomic E-state index is 11.8. The Morgan fingerprint density at radius 2 is 1.54 bits per heavy atom. The van der Waals surface area contributed by atoms with E-state index in [-0.39, 0.29) is 52.8 Å². The monoisotopic (exact) mass is 391 g/mol. The van der Waals surface area contributed by atoms with Gasteiger partial charge in [0.05, 0.1) is 5.92 Å². The second-order valence-corrected chi connectivity index (χ2v) is 7.32. The molecule has 2 aromatic carbocycles. The van der Waals surface area contributed by atoms with E-state index < -0.39 is 0 Å². The van der Waals surface area contributed by atoms with E-state index in [0.717, 1.165) is 19.5 Å². The third kappa shape index (κ3) is 3.33. The van der Waals surface area contributed by atoms with Crippen molar-refractivity contribution in [1.29, 1.82) is 0 Å². The number of nitrogens with two attached hydrogens (primary N) is 2. The fraction of sp³-hybridized carbons (Fsp3) is 0.381. The van der Waals surface area contributed by atoms with Crippen LogP contribution in [-0.2, 0) is 21.9 Å². The number of hydrogen-bond acceptors (Lipinski definition) is 3. The SMILES string of the molecule is NC(=O)[C@H]1CN2CC[C@@H]1[C@H](N)[C@@H]2C(c1ccccc1)c1ccccc1.[Fe]. The summed E-state index contributed by atoms with van der Waals surface area (Å²) in [4.78, 5) is 14.2. The summed E-state index contributed by atoms with van der Waals surface area (Å²) in [6.45, 7) is 1.72. The molecule has 5 rings (SSSR count). The van der Waals surface area contributed by atoms with Gasteiger partial charge in [0.2, 0.25) is 5.91 Å². The van der Waals surface area contributed by atoms with E-state index in [1.54, 1.807) is 0 Å². The minimum absolute atomic E-state index is 0. The third-order valence-electron chi connectivity index (χ3n) is 6.03. The van der Waals surface area contributed by atoms with Crippen LogP contribution in [0.1, 0.15) is 23.5 Å². The van der Waals surface area contributed by atoms with E-state index in [0.29, 0.717) is 0 Å². The first kappa shape index (κ1) is 19.1. The normalized spacial score (nSPS) is 30.0. The summed E-state index contributed by atoms with van der Waals surface area (Å²) < 4.78 is 0. The molecule has 138 valence electrons. The van der Waals surface area contributed by atoms with Crippen LogP contribution in [0.4, 0.5) is 0 Å². The summed E-state index contributed by atoms with van der Waals surface area (Å²) in [5.74, 6) is 0.0585. The summed E-state index contributed by atoms with van der Waals surface area (Å²) >= 11 is 0. The molecule has 1 unspecified atom stereocenters. The Labute approximate surface area is 165 Å². The van der Waals surface area contributed by atoms with Crippen molar-refractivity contribution in [2.24, 2.45) is 23.3 Å². The van der Waals surface area contributed by atoms with Crippen LogP contribution >= 0.6 is 0 Å². The maximum Gasteiger partial charge on any atom is 0.222 e. The molecular weight excluding hydrogens is 366 g/mol. The molecular formula is C21H25FeN3O. The van der Waals surface area contributed by atoms with Gasteiger partial charge < -0.3 is 11.5 Å². The summed E-state index contributed by atoms with van der Waals surface area (Å²) in [6.07, 6.45) is 0.960. The third-order valence-corrected chi connectivity index (χ3v) is 6.03. The zero-order valence-electron chi connectivity index (χ0n) is 14.6. The maximum atomic E-state index is 11.8. The Hall–Kier alpha value is -1.65. The molecule has 0 aliphatic carbocycles. The molecule has 4 N–H and O–H groups in total. The molecule has 0 radical (unpaired) electrons. The van der Waals surface area contributed by atoms with Gasteiger partial charge in [-0.3, -0.25) is 9.69 Å². The first-order valence-electron chi connectivity index (χ1n) is 9.05. The van der Waals surface area contributed by atoms with Crippen LogP contribution < -0.4 is 11.5 Å². The Bertz CT molecular complexity index is 698. The van der Waals surface area contributed by atoms with Gasteiger partial charge in [-0.15, -0.1) is 0 Å². The molecule has 2 bridgehead atoms. The standard InChI is InChI=1S/C21H25N3O.Fe/c22-19-16-11-12-24(13-17(16)21(23)25)20(19)18(14-7-3-1-4-8-14)15-9-5-2-6-10-15;/h1-10,16-20H,11-13,22H2,(H2,23,25);/t16-,17-,19-,20-;/m0./s1. The Morgan fingerprint density at radius 1 is 1.00 bits per heavy atom. The average molecular weight is 391 g/mol. The number of benzene rings is 2. The first-order chi connectivity index (χ1) is 12.2. The molecule has 5 atom stereocenters. The number of piperidine rings is 3. The molecule has 2 aromatic rings. The Balaban J connectivity index is 0.00000196. The van der Waals surface area contributed by atoms with Gasteiger partial charge in [0.15, 0.2) is 0 Å². The molecule has 4 nitrogen and oxygen atoms in total. The van der Waals surface area contributed by atoms with Crippen LogP contribution in [0.3, 0.4) is 0 Å². The van der Waals surface area contributed by atoms with Gasteiger partial charge in [-0.2, -0.15) is 0 Å². The molecule has 0 aromatic heterocycles. The van der Waals surface area contributed by atoms with E-state index in [1.807, 2.05) is 12.1 Å². The molecule has 0 spiro atoms. The summed E-state index contributed by atoms with van der Waals surface area (Å²) in [6, 6.07) is 21.3. The molecule has 3 aliphatic heterocycles. The molecule has 5 heteroatoms. The summed E-state index contributed by atoms with van der Waals surface area (Å²) in [5.41, 5.74) is 14.9. The minimum Gasteiger partial charge on any atom is -0.369 e. The van der Waals surface area contributed by atoms with Crippen LogP contribution in [0.5, 0.6) is 0 Å². The van der Waals surface area contributed by atoms with E-state index in [1.165, 1.54) is 11.1 Å². The van der Waals surface area contributed by atoms with Crippen molar-refractivity contribution >= 4 is 5.91 Å². The fourth-order valence-electron chi connectivity index (χ4n) is 4.87. The van der Waals surface area contributed by atoms with E-state index >= 15 is 0 Å². The van der Waals surface area contributed by atoms with Crippen LogP contribution in [-0.4, -0.2) is 36.0 Å². The molecule has 3 heterocycles. The van der Waals surface area contributed by atoms with Gasteiger partial charge in [0.1, 0.15) is 0 Å². The van der Waals surface area contributed by atoms with Crippen LogP contribution in [0.2, 0.25) is 0 Å². The van der Waals surface area contributed by atoms with Crippen molar-refractivity contribution in [3.63, 3.8) is 0 Å². The smallest absolute Gasteiger partial charge is 0.222 e. The van der Waals surface area contributed by atoms with Gasteiger partial charge >= 0.3 is 0 Å². The predicted octanol–water partition coefficient (Wildman–Crippen LogP) is 1.95. The van der Waals surface area contributed by atoms with Crippen molar-refractivity contribution in [2.45, 2.75) is 24.4 Å². The fourth-order valence-corrected chi connectivity index (χ4v) is 4.87. The summed E-state index contributed by atoms with van der Waals surface area (Å²) in [5, 5.41) is 0. The molecule has 3 aliphatic rings. The number of rotatable bonds is 4. The number of amides is 1. The number of hydrogen-bond donors (Lipinski definition) is 2. The first-order valence-corrected chi connectivity index (χ1v) is 9.05. The number of fused-ring (bicyclic) bond motifs is 3. The largest absolute Gasteiger partial charge is 0.369 e. The average Bonchev–Trinajstić information content (AvgIpc) is 2.66. The van der Waals surface area contributed by atoms with Crippen molar-refractivity contribution < 1.29 is 21.9 Å². The van der Waals surface area contributed by atoms with Gasteiger partial charge in [-0.1, -0.05) is 60.7 Å². The topological polar surface area (TPSA) is 72.4 Å². The molecule has 3 fully saturated rings. The van der Waals surface area contributed by atoms with Gasteiger partial charge in [0, 0.05) is 41.6 Å². The second kappa shape index (κ2) is 7.93. The summed E-state index contributed by atoms with van der Waals surface area (Å²) in [7, 11) is 0. The molecule has 0 saturated carbocycles. The van der Waals surface area contributed by atoms with Gasteiger partial charge in [0.25, 0.3) is 0 Å². The van der Waals surface area contributed by atoms with Crippen molar-refractivity contribution in [3.05, 3.63) is 71.8 Å². The van der Waals surface area contributed by atoms with Gasteiger partial charge in [-0.05, 0) is 30.0 Å². The minimum atomic E-state index is -0.209. The number of carbonyl (C=O) groups is 1. The second-order valence-electron chi connectivity index (χ2n) is 7.32. The van der Waals surface area contributed by atoms with Crippen LogP contribution in [0.15, 0.2) is 60.7 Å². The Morgan fingerprint density at radius 3 is 2.00 bits per heavy atom. The number of primary amides is 1. The van der Waals surface area contributed by atoms with Crippen molar-refractivity contribution in [1.82, 2.24) is 4.90 Å². The van der Waals surface area contributed by atoms with Crippen molar-refractivity contribution in [3.8, 4) is 0 Å².